The molecule has 5 heteroatoms. The van der Waals surface area contributed by atoms with Gasteiger partial charge in [0.25, 0.3) is 0 Å². The minimum atomic E-state index is -0.630. The summed E-state index contributed by atoms with van der Waals surface area (Å²) in [5, 5.41) is 9.86. The predicted molar refractivity (Wildman–Crippen MR) is 80.4 cm³/mol. The van der Waals surface area contributed by atoms with E-state index in [2.05, 4.69) is 14.8 Å². The van der Waals surface area contributed by atoms with Crippen molar-refractivity contribution in [2.24, 2.45) is 0 Å². The van der Waals surface area contributed by atoms with Crippen molar-refractivity contribution in [2.75, 3.05) is 44.2 Å². The van der Waals surface area contributed by atoms with Gasteiger partial charge in [0, 0.05) is 38.8 Å². The second-order valence-corrected chi connectivity index (χ2v) is 5.84. The molecule has 20 heavy (non-hydrogen) atoms. The molecule has 2 heterocycles. The van der Waals surface area contributed by atoms with E-state index in [1.807, 2.05) is 39.0 Å². The molecule has 1 N–H and O–H groups in total. The van der Waals surface area contributed by atoms with Crippen LogP contribution in [0.25, 0.3) is 0 Å². The van der Waals surface area contributed by atoms with E-state index in [4.69, 9.17) is 4.74 Å². The Hall–Kier alpha value is -1.33. The molecule has 2 rings (SSSR count). The zero-order valence-corrected chi connectivity index (χ0v) is 12.7. The predicted octanol–water partition coefficient (Wildman–Crippen LogP) is 1.37. The lowest BCUT2D eigenvalue weighted by Gasteiger charge is -2.37. The van der Waals surface area contributed by atoms with Crippen LogP contribution >= 0.6 is 0 Å². The van der Waals surface area contributed by atoms with Crippen molar-refractivity contribution < 1.29 is 9.84 Å². The summed E-state index contributed by atoms with van der Waals surface area (Å²) >= 11 is 0. The number of aromatic nitrogens is 1. The van der Waals surface area contributed by atoms with Crippen LogP contribution in [0.5, 0.6) is 5.88 Å². The Morgan fingerprint density at radius 3 is 2.55 bits per heavy atom. The van der Waals surface area contributed by atoms with Crippen LogP contribution in [0.4, 0.5) is 5.82 Å². The molecule has 0 spiro atoms. The van der Waals surface area contributed by atoms with Crippen LogP contribution in [0.2, 0.25) is 0 Å². The van der Waals surface area contributed by atoms with Crippen LogP contribution in [0.1, 0.15) is 20.8 Å². The maximum atomic E-state index is 9.86. The van der Waals surface area contributed by atoms with Gasteiger partial charge in [-0.05, 0) is 26.8 Å². The van der Waals surface area contributed by atoms with E-state index >= 15 is 0 Å². The molecule has 0 radical (unpaired) electrons. The van der Waals surface area contributed by atoms with Crippen molar-refractivity contribution in [1.82, 2.24) is 9.88 Å². The average molecular weight is 279 g/mol. The van der Waals surface area contributed by atoms with Crippen molar-refractivity contribution in [3.8, 4) is 5.88 Å². The number of ether oxygens (including phenoxy) is 1. The molecule has 0 unspecified atom stereocenters. The summed E-state index contributed by atoms with van der Waals surface area (Å²) in [5.74, 6) is 1.66. The van der Waals surface area contributed by atoms with E-state index in [1.54, 1.807) is 0 Å². The Kier molecular flexibility index (Phi) is 4.83. The molecule has 0 saturated carbocycles. The van der Waals surface area contributed by atoms with E-state index in [1.165, 1.54) is 0 Å². The van der Waals surface area contributed by atoms with Gasteiger partial charge in [-0.1, -0.05) is 6.07 Å². The number of anilines is 1. The molecular formula is C15H25N3O2. The fourth-order valence-corrected chi connectivity index (χ4v) is 2.49. The Morgan fingerprint density at radius 2 is 1.95 bits per heavy atom. The highest BCUT2D eigenvalue weighted by Gasteiger charge is 2.23. The molecule has 0 amide bonds. The van der Waals surface area contributed by atoms with Gasteiger partial charge in [0.15, 0.2) is 0 Å². The monoisotopic (exact) mass is 279 g/mol. The Labute approximate surface area is 121 Å². The molecule has 1 aliphatic rings. The number of hydrogen-bond acceptors (Lipinski definition) is 5. The number of piperazine rings is 1. The van der Waals surface area contributed by atoms with Gasteiger partial charge in [0.2, 0.25) is 5.88 Å². The van der Waals surface area contributed by atoms with Crippen molar-refractivity contribution in [3.63, 3.8) is 0 Å². The molecule has 0 aromatic carbocycles. The molecule has 1 aliphatic heterocycles. The number of β-amino-alcohol motifs (C(OH)–C–C–N with tert-alkyl or cyclic N) is 1. The first-order chi connectivity index (χ1) is 9.48. The fourth-order valence-electron chi connectivity index (χ4n) is 2.49. The summed E-state index contributed by atoms with van der Waals surface area (Å²) in [5.41, 5.74) is -0.630. The summed E-state index contributed by atoms with van der Waals surface area (Å²) in [4.78, 5) is 9.08. The smallest absolute Gasteiger partial charge is 0.215 e. The quantitative estimate of drug-likeness (QED) is 0.882. The second-order valence-electron chi connectivity index (χ2n) is 5.84. The van der Waals surface area contributed by atoms with Crippen LogP contribution in [0.3, 0.4) is 0 Å². The number of rotatable bonds is 5. The topological polar surface area (TPSA) is 48.8 Å². The zero-order chi connectivity index (χ0) is 14.6. The maximum Gasteiger partial charge on any atom is 0.215 e. The van der Waals surface area contributed by atoms with Gasteiger partial charge in [0.1, 0.15) is 5.82 Å². The standard InChI is InChI=1S/C15H25N3O2/c1-4-20-14-7-5-6-13(16-14)18-10-8-17(9-11-18)12-15(2,3)19/h5-7,19H,4,8-12H2,1-3H3. The van der Waals surface area contributed by atoms with Gasteiger partial charge in [0.05, 0.1) is 12.2 Å². The molecule has 1 saturated heterocycles. The summed E-state index contributed by atoms with van der Waals surface area (Å²) < 4.78 is 5.44. The third-order valence-corrected chi connectivity index (χ3v) is 3.31. The van der Waals surface area contributed by atoms with Gasteiger partial charge in [-0.15, -0.1) is 0 Å². The summed E-state index contributed by atoms with van der Waals surface area (Å²) in [6, 6.07) is 5.89. The summed E-state index contributed by atoms with van der Waals surface area (Å²) in [6.07, 6.45) is 0. The highest BCUT2D eigenvalue weighted by molar-refractivity contribution is 5.41. The fraction of sp³-hybridized carbons (Fsp3) is 0.667. The molecule has 112 valence electrons. The lowest BCUT2D eigenvalue weighted by atomic mass is 10.1. The van der Waals surface area contributed by atoms with Crippen LogP contribution in [-0.2, 0) is 0 Å². The minimum Gasteiger partial charge on any atom is -0.478 e. The third kappa shape index (κ3) is 4.35. The molecular weight excluding hydrogens is 254 g/mol. The van der Waals surface area contributed by atoms with Gasteiger partial charge >= 0.3 is 0 Å². The number of nitrogens with zero attached hydrogens (tertiary/aromatic N) is 3. The van der Waals surface area contributed by atoms with Crippen molar-refractivity contribution >= 4 is 5.82 Å². The van der Waals surface area contributed by atoms with Gasteiger partial charge < -0.3 is 14.7 Å². The Bertz CT molecular complexity index is 423. The number of hydrogen-bond donors (Lipinski definition) is 1. The third-order valence-electron chi connectivity index (χ3n) is 3.31. The normalized spacial score (nSPS) is 17.3. The van der Waals surface area contributed by atoms with Crippen LogP contribution < -0.4 is 9.64 Å². The van der Waals surface area contributed by atoms with E-state index in [0.29, 0.717) is 19.0 Å². The van der Waals surface area contributed by atoms with Gasteiger partial charge in [-0.25, -0.2) is 0 Å². The van der Waals surface area contributed by atoms with Crippen LogP contribution in [0, 0.1) is 0 Å². The molecule has 5 nitrogen and oxygen atoms in total. The highest BCUT2D eigenvalue weighted by atomic mass is 16.5. The molecule has 0 bridgehead atoms. The molecule has 1 fully saturated rings. The van der Waals surface area contributed by atoms with Crippen molar-refractivity contribution in [2.45, 2.75) is 26.4 Å². The minimum absolute atomic E-state index is 0.630. The zero-order valence-electron chi connectivity index (χ0n) is 12.7. The molecule has 0 aliphatic carbocycles. The first kappa shape index (κ1) is 15.1. The first-order valence-corrected chi connectivity index (χ1v) is 7.27. The summed E-state index contributed by atoms with van der Waals surface area (Å²) in [7, 11) is 0. The first-order valence-electron chi connectivity index (χ1n) is 7.27. The molecule has 1 aromatic rings. The Morgan fingerprint density at radius 1 is 1.25 bits per heavy atom. The summed E-state index contributed by atoms with van der Waals surface area (Å²) in [6.45, 7) is 10.8. The largest absolute Gasteiger partial charge is 0.478 e. The highest BCUT2D eigenvalue weighted by Crippen LogP contribution is 2.18. The van der Waals surface area contributed by atoms with E-state index in [9.17, 15) is 5.11 Å². The average Bonchev–Trinajstić information content (AvgIpc) is 2.38. The van der Waals surface area contributed by atoms with Crippen LogP contribution in [0.15, 0.2) is 18.2 Å². The maximum absolute atomic E-state index is 9.86. The number of pyridine rings is 1. The van der Waals surface area contributed by atoms with E-state index in [0.717, 1.165) is 32.0 Å². The van der Waals surface area contributed by atoms with Crippen LogP contribution in [-0.4, -0.2) is 59.9 Å². The van der Waals surface area contributed by atoms with Crippen molar-refractivity contribution in [3.05, 3.63) is 18.2 Å². The SMILES string of the molecule is CCOc1cccc(N2CCN(CC(C)(C)O)CC2)n1. The molecule has 1 aromatic heterocycles. The van der Waals surface area contributed by atoms with Gasteiger partial charge in [-0.2, -0.15) is 4.98 Å². The molecule has 0 atom stereocenters. The number of aliphatic hydroxyl groups is 1. The lowest BCUT2D eigenvalue weighted by Crippen LogP contribution is -2.50. The van der Waals surface area contributed by atoms with E-state index < -0.39 is 5.60 Å². The Balaban J connectivity index is 1.92. The lowest BCUT2D eigenvalue weighted by molar-refractivity contribution is 0.0344. The van der Waals surface area contributed by atoms with E-state index in [-0.39, 0.29) is 0 Å². The van der Waals surface area contributed by atoms with Gasteiger partial charge in [-0.3, -0.25) is 4.90 Å². The van der Waals surface area contributed by atoms with Crippen molar-refractivity contribution in [1.29, 1.82) is 0 Å². The second kappa shape index (κ2) is 6.41.